The standard InChI is InChI=1S/C14H23N3O3S2.ClH/c15-6-7-16-14(18)12-3-1-8-17(11-12)22(19,20)10-5-13-4-2-9-21-13;/h2,4,9,12H,1,3,5-8,10-11,15H2,(H,16,18);1H. The van der Waals surface area contributed by atoms with Crippen molar-refractivity contribution in [3.05, 3.63) is 22.4 Å². The van der Waals surface area contributed by atoms with E-state index in [1.165, 1.54) is 4.31 Å². The van der Waals surface area contributed by atoms with Crippen LogP contribution in [0.15, 0.2) is 17.5 Å². The molecule has 1 aliphatic heterocycles. The molecule has 0 aliphatic carbocycles. The van der Waals surface area contributed by atoms with Gasteiger partial charge in [-0.2, -0.15) is 0 Å². The van der Waals surface area contributed by atoms with Gasteiger partial charge in [0.1, 0.15) is 0 Å². The molecule has 0 spiro atoms. The Hall–Kier alpha value is -0.670. The van der Waals surface area contributed by atoms with Gasteiger partial charge in [-0.25, -0.2) is 12.7 Å². The Morgan fingerprint density at radius 1 is 1.48 bits per heavy atom. The van der Waals surface area contributed by atoms with E-state index >= 15 is 0 Å². The zero-order valence-electron chi connectivity index (χ0n) is 12.9. The van der Waals surface area contributed by atoms with E-state index in [1.54, 1.807) is 11.3 Å². The number of piperidine rings is 1. The van der Waals surface area contributed by atoms with Crippen LogP contribution in [0.4, 0.5) is 0 Å². The molecular formula is C14H24ClN3O3S2. The predicted molar refractivity (Wildman–Crippen MR) is 95.4 cm³/mol. The van der Waals surface area contributed by atoms with Crippen LogP contribution in [0.25, 0.3) is 0 Å². The summed E-state index contributed by atoms with van der Waals surface area (Å²) in [5.41, 5.74) is 5.37. The molecule has 1 aliphatic rings. The first kappa shape index (κ1) is 20.4. The number of aryl methyl sites for hydroxylation is 1. The molecule has 1 unspecified atom stereocenters. The van der Waals surface area contributed by atoms with Crippen molar-refractivity contribution in [2.75, 3.05) is 31.9 Å². The summed E-state index contributed by atoms with van der Waals surface area (Å²) in [7, 11) is -3.31. The lowest BCUT2D eigenvalue weighted by Gasteiger charge is -2.31. The van der Waals surface area contributed by atoms with Gasteiger partial charge in [-0.15, -0.1) is 23.7 Å². The van der Waals surface area contributed by atoms with Crippen LogP contribution in [-0.4, -0.2) is 50.6 Å². The van der Waals surface area contributed by atoms with E-state index < -0.39 is 10.0 Å². The lowest BCUT2D eigenvalue weighted by molar-refractivity contribution is -0.126. The molecule has 2 heterocycles. The van der Waals surface area contributed by atoms with Crippen molar-refractivity contribution in [1.29, 1.82) is 0 Å². The number of nitrogens with two attached hydrogens (primary N) is 1. The van der Waals surface area contributed by atoms with Crippen molar-refractivity contribution in [1.82, 2.24) is 9.62 Å². The third kappa shape index (κ3) is 6.04. The molecule has 1 saturated heterocycles. The van der Waals surface area contributed by atoms with Crippen molar-refractivity contribution < 1.29 is 13.2 Å². The second-order valence-electron chi connectivity index (χ2n) is 5.42. The Kier molecular flexibility index (Phi) is 8.49. The lowest BCUT2D eigenvalue weighted by Crippen LogP contribution is -2.46. The molecule has 23 heavy (non-hydrogen) atoms. The number of halogens is 1. The highest BCUT2D eigenvalue weighted by atomic mass is 35.5. The largest absolute Gasteiger partial charge is 0.355 e. The van der Waals surface area contributed by atoms with Gasteiger partial charge < -0.3 is 11.1 Å². The molecule has 0 aromatic carbocycles. The van der Waals surface area contributed by atoms with E-state index in [1.807, 2.05) is 17.5 Å². The van der Waals surface area contributed by atoms with E-state index in [0.29, 0.717) is 26.1 Å². The number of hydrogen-bond acceptors (Lipinski definition) is 5. The average molecular weight is 382 g/mol. The first-order valence-electron chi connectivity index (χ1n) is 7.51. The Bertz CT molecular complexity index is 578. The van der Waals surface area contributed by atoms with Crippen LogP contribution < -0.4 is 11.1 Å². The van der Waals surface area contributed by atoms with E-state index in [-0.39, 0.29) is 36.5 Å². The molecule has 2 rings (SSSR count). The highest BCUT2D eigenvalue weighted by molar-refractivity contribution is 7.89. The minimum Gasteiger partial charge on any atom is -0.355 e. The number of carbonyl (C=O) groups is 1. The molecule has 1 aromatic rings. The number of amides is 1. The quantitative estimate of drug-likeness (QED) is 0.731. The summed E-state index contributed by atoms with van der Waals surface area (Å²) in [5, 5.41) is 4.69. The van der Waals surface area contributed by atoms with E-state index in [2.05, 4.69) is 5.32 Å². The zero-order valence-corrected chi connectivity index (χ0v) is 15.4. The van der Waals surface area contributed by atoms with Gasteiger partial charge in [0.15, 0.2) is 0 Å². The Morgan fingerprint density at radius 2 is 2.26 bits per heavy atom. The van der Waals surface area contributed by atoms with Gasteiger partial charge in [-0.3, -0.25) is 4.79 Å². The maximum atomic E-state index is 12.4. The number of carbonyl (C=O) groups excluding carboxylic acids is 1. The molecule has 6 nitrogen and oxygen atoms in total. The van der Waals surface area contributed by atoms with Crippen LogP contribution in [-0.2, 0) is 21.2 Å². The van der Waals surface area contributed by atoms with Crippen LogP contribution in [0.5, 0.6) is 0 Å². The van der Waals surface area contributed by atoms with Crippen LogP contribution in [0.2, 0.25) is 0 Å². The molecule has 1 fully saturated rings. The highest BCUT2D eigenvalue weighted by Gasteiger charge is 2.31. The summed E-state index contributed by atoms with van der Waals surface area (Å²) >= 11 is 1.57. The molecule has 0 radical (unpaired) electrons. The number of sulfonamides is 1. The lowest BCUT2D eigenvalue weighted by atomic mass is 9.99. The van der Waals surface area contributed by atoms with Crippen molar-refractivity contribution in [2.45, 2.75) is 19.3 Å². The number of hydrogen-bond donors (Lipinski definition) is 2. The normalized spacial score (nSPS) is 19.1. The molecule has 1 amide bonds. The topological polar surface area (TPSA) is 92.5 Å². The van der Waals surface area contributed by atoms with E-state index in [9.17, 15) is 13.2 Å². The predicted octanol–water partition coefficient (Wildman–Crippen LogP) is 0.829. The van der Waals surface area contributed by atoms with Crippen molar-refractivity contribution in [3.8, 4) is 0 Å². The Morgan fingerprint density at radius 3 is 2.91 bits per heavy atom. The molecule has 0 saturated carbocycles. The third-order valence-electron chi connectivity index (χ3n) is 3.78. The van der Waals surface area contributed by atoms with Crippen LogP contribution in [0, 0.1) is 5.92 Å². The molecule has 0 bridgehead atoms. The summed E-state index contributed by atoms with van der Waals surface area (Å²) < 4.78 is 26.4. The molecule has 132 valence electrons. The highest BCUT2D eigenvalue weighted by Crippen LogP contribution is 2.20. The smallest absolute Gasteiger partial charge is 0.224 e. The molecular weight excluding hydrogens is 358 g/mol. The maximum absolute atomic E-state index is 12.4. The monoisotopic (exact) mass is 381 g/mol. The van der Waals surface area contributed by atoms with Crippen molar-refractivity contribution >= 4 is 39.7 Å². The van der Waals surface area contributed by atoms with Crippen LogP contribution in [0.1, 0.15) is 17.7 Å². The molecule has 3 N–H and O–H groups in total. The fourth-order valence-corrected chi connectivity index (χ4v) is 4.95. The Balaban J connectivity index is 0.00000264. The van der Waals surface area contributed by atoms with Gasteiger partial charge in [-0.05, 0) is 30.7 Å². The van der Waals surface area contributed by atoms with E-state index in [0.717, 1.165) is 17.7 Å². The molecule has 1 atom stereocenters. The van der Waals surface area contributed by atoms with Gasteiger partial charge >= 0.3 is 0 Å². The second kappa shape index (κ2) is 9.58. The van der Waals surface area contributed by atoms with Gasteiger partial charge in [0.2, 0.25) is 15.9 Å². The summed E-state index contributed by atoms with van der Waals surface area (Å²) in [6, 6.07) is 3.87. The summed E-state index contributed by atoms with van der Waals surface area (Å²) in [5.74, 6) is -0.259. The average Bonchev–Trinajstić information content (AvgIpc) is 3.04. The summed E-state index contributed by atoms with van der Waals surface area (Å²) in [6.45, 7) is 1.61. The minimum atomic E-state index is -3.31. The molecule has 1 aromatic heterocycles. The molecule has 9 heteroatoms. The van der Waals surface area contributed by atoms with Gasteiger partial charge in [-0.1, -0.05) is 6.07 Å². The first-order chi connectivity index (χ1) is 10.5. The van der Waals surface area contributed by atoms with Gasteiger partial charge in [0, 0.05) is 31.1 Å². The van der Waals surface area contributed by atoms with Crippen molar-refractivity contribution in [2.24, 2.45) is 11.7 Å². The third-order valence-corrected chi connectivity index (χ3v) is 6.55. The van der Waals surface area contributed by atoms with Crippen LogP contribution >= 0.6 is 23.7 Å². The number of nitrogens with zero attached hydrogens (tertiary/aromatic N) is 1. The number of rotatable bonds is 7. The Labute approximate surface area is 147 Å². The fourth-order valence-electron chi connectivity index (χ4n) is 2.56. The second-order valence-corrected chi connectivity index (χ2v) is 8.54. The number of nitrogens with one attached hydrogen (secondary N) is 1. The van der Waals surface area contributed by atoms with Crippen LogP contribution in [0.3, 0.4) is 0 Å². The maximum Gasteiger partial charge on any atom is 0.224 e. The minimum absolute atomic E-state index is 0. The fraction of sp³-hybridized carbons (Fsp3) is 0.643. The first-order valence-corrected chi connectivity index (χ1v) is 10.00. The zero-order chi connectivity index (χ0) is 16.0. The summed E-state index contributed by atoms with van der Waals surface area (Å²) in [4.78, 5) is 13.1. The number of thiophene rings is 1. The van der Waals surface area contributed by atoms with E-state index in [4.69, 9.17) is 5.73 Å². The van der Waals surface area contributed by atoms with Crippen molar-refractivity contribution in [3.63, 3.8) is 0 Å². The summed E-state index contributed by atoms with van der Waals surface area (Å²) in [6.07, 6.45) is 1.98. The van der Waals surface area contributed by atoms with Gasteiger partial charge in [0.25, 0.3) is 0 Å². The SMILES string of the molecule is Cl.NCCNC(=O)C1CCCN(S(=O)(=O)CCc2cccs2)C1. The van der Waals surface area contributed by atoms with Gasteiger partial charge in [0.05, 0.1) is 11.7 Å².